The summed E-state index contributed by atoms with van der Waals surface area (Å²) in [5.41, 5.74) is 4.42. The molecule has 0 radical (unpaired) electrons. The molecule has 0 bridgehead atoms. The minimum atomic E-state index is -1.07. The van der Waals surface area contributed by atoms with Gasteiger partial charge in [-0.1, -0.05) is 38.0 Å². The third kappa shape index (κ3) is 5.76. The normalized spacial score (nSPS) is 16.3. The van der Waals surface area contributed by atoms with Crippen LogP contribution in [0.5, 0.6) is 0 Å². The first kappa shape index (κ1) is 28.2. The van der Waals surface area contributed by atoms with Crippen molar-refractivity contribution in [3.63, 3.8) is 0 Å². The summed E-state index contributed by atoms with van der Waals surface area (Å²) in [5, 5.41) is 4.10. The number of nitrogens with one attached hydrogen (secondary N) is 1. The number of thiophene rings is 1. The van der Waals surface area contributed by atoms with Gasteiger partial charge in [-0.25, -0.2) is 9.59 Å². The number of hydrogen-bond donors (Lipinski definition) is 1. The molecule has 212 valence electrons. The van der Waals surface area contributed by atoms with Crippen LogP contribution in [0, 0.1) is 0 Å². The highest BCUT2D eigenvalue weighted by Crippen LogP contribution is 2.38. The molecular formula is C31H37N3O5S. The van der Waals surface area contributed by atoms with E-state index >= 15 is 0 Å². The Kier molecular flexibility index (Phi) is 8.81. The summed E-state index contributed by atoms with van der Waals surface area (Å²) < 4.78 is 11.2. The summed E-state index contributed by atoms with van der Waals surface area (Å²) in [6, 6.07) is 7.56. The second kappa shape index (κ2) is 12.5. The van der Waals surface area contributed by atoms with Crippen LogP contribution < -0.4 is 5.32 Å². The van der Waals surface area contributed by atoms with Crippen molar-refractivity contribution >= 4 is 45.1 Å². The monoisotopic (exact) mass is 563 g/mol. The Balaban J connectivity index is 1.41. The Morgan fingerprint density at radius 2 is 1.77 bits per heavy atom. The van der Waals surface area contributed by atoms with Crippen LogP contribution in [0.15, 0.2) is 24.3 Å². The number of rotatable bonds is 7. The van der Waals surface area contributed by atoms with Crippen LogP contribution in [0.1, 0.15) is 88.9 Å². The summed E-state index contributed by atoms with van der Waals surface area (Å²) in [6.45, 7) is 8.05. The van der Waals surface area contributed by atoms with Crippen molar-refractivity contribution in [2.24, 2.45) is 0 Å². The first-order valence-electron chi connectivity index (χ1n) is 14.4. The van der Waals surface area contributed by atoms with E-state index < -0.39 is 23.9 Å². The number of esters is 2. The third-order valence-corrected chi connectivity index (χ3v) is 9.02. The van der Waals surface area contributed by atoms with E-state index in [4.69, 9.17) is 14.5 Å². The standard InChI is InChI=1S/C31H37N3O5S/c1-4-34-17-16-24-22(18-34)26(20-12-10-11-14-23(20)32-24)31(37)39-19(3)28(35)33-29-27(30(36)38-5-2)21-13-8-6-7-9-15-25(21)40-29/h10-12,14,19H,4-9,13,15-18H2,1-3H3,(H,33,35). The summed E-state index contributed by atoms with van der Waals surface area (Å²) in [6.07, 6.45) is 5.68. The molecule has 0 fully saturated rings. The van der Waals surface area contributed by atoms with E-state index in [1.807, 2.05) is 24.3 Å². The van der Waals surface area contributed by atoms with Gasteiger partial charge in [0.15, 0.2) is 6.10 Å². The lowest BCUT2D eigenvalue weighted by atomic mass is 9.95. The molecule has 0 spiro atoms. The number of carbonyl (C=O) groups is 3. The summed E-state index contributed by atoms with van der Waals surface area (Å²) in [7, 11) is 0. The largest absolute Gasteiger partial charge is 0.462 e. The number of anilines is 1. The van der Waals surface area contributed by atoms with Crippen molar-refractivity contribution in [3.8, 4) is 0 Å². The number of ether oxygens (including phenoxy) is 2. The summed E-state index contributed by atoms with van der Waals surface area (Å²) >= 11 is 1.44. The smallest absolute Gasteiger partial charge is 0.341 e. The van der Waals surface area contributed by atoms with Crippen molar-refractivity contribution in [2.45, 2.75) is 78.4 Å². The number of amides is 1. The molecule has 3 aromatic rings. The Bertz CT molecular complexity index is 1430. The molecule has 0 saturated heterocycles. The van der Waals surface area contributed by atoms with E-state index in [0.717, 1.165) is 90.6 Å². The van der Waals surface area contributed by atoms with Gasteiger partial charge in [-0.3, -0.25) is 14.7 Å². The molecule has 5 rings (SSSR count). The Hall–Kier alpha value is -3.30. The maximum Gasteiger partial charge on any atom is 0.341 e. The topological polar surface area (TPSA) is 97.8 Å². The molecule has 0 saturated carbocycles. The van der Waals surface area contributed by atoms with Gasteiger partial charge in [-0.05, 0) is 57.7 Å². The molecule has 1 atom stereocenters. The van der Waals surface area contributed by atoms with E-state index in [1.54, 1.807) is 13.8 Å². The van der Waals surface area contributed by atoms with Crippen LogP contribution in [-0.4, -0.2) is 53.5 Å². The number of aryl methyl sites for hydroxylation is 1. The average Bonchev–Trinajstić information content (AvgIpc) is 3.26. The van der Waals surface area contributed by atoms with Gasteiger partial charge in [-0.15, -0.1) is 11.3 Å². The van der Waals surface area contributed by atoms with E-state index in [2.05, 4.69) is 17.1 Å². The van der Waals surface area contributed by atoms with Crippen molar-refractivity contribution in [2.75, 3.05) is 25.0 Å². The summed E-state index contributed by atoms with van der Waals surface area (Å²) in [4.78, 5) is 48.2. The maximum absolute atomic E-state index is 13.7. The van der Waals surface area contributed by atoms with Gasteiger partial charge in [0.1, 0.15) is 5.00 Å². The van der Waals surface area contributed by atoms with Crippen molar-refractivity contribution in [1.29, 1.82) is 0 Å². The highest BCUT2D eigenvalue weighted by molar-refractivity contribution is 7.17. The van der Waals surface area contributed by atoms with E-state index in [1.165, 1.54) is 11.3 Å². The van der Waals surface area contributed by atoms with Gasteiger partial charge in [0.25, 0.3) is 5.91 Å². The Morgan fingerprint density at radius 3 is 2.55 bits per heavy atom. The fourth-order valence-electron chi connectivity index (χ4n) is 5.66. The van der Waals surface area contributed by atoms with Gasteiger partial charge in [0, 0.05) is 41.0 Å². The maximum atomic E-state index is 13.7. The molecular weight excluding hydrogens is 526 g/mol. The molecule has 2 aromatic heterocycles. The molecule has 1 aromatic carbocycles. The lowest BCUT2D eigenvalue weighted by molar-refractivity contribution is -0.123. The number of fused-ring (bicyclic) bond motifs is 3. The zero-order valence-electron chi connectivity index (χ0n) is 23.5. The van der Waals surface area contributed by atoms with E-state index in [-0.39, 0.29) is 6.61 Å². The van der Waals surface area contributed by atoms with Gasteiger partial charge < -0.3 is 14.8 Å². The van der Waals surface area contributed by atoms with Gasteiger partial charge in [0.2, 0.25) is 0 Å². The molecule has 3 heterocycles. The molecule has 40 heavy (non-hydrogen) atoms. The molecule has 1 aliphatic heterocycles. The number of para-hydroxylation sites is 1. The number of aromatic nitrogens is 1. The van der Waals surface area contributed by atoms with Gasteiger partial charge in [0.05, 0.1) is 23.3 Å². The zero-order valence-corrected chi connectivity index (χ0v) is 24.3. The fraction of sp³-hybridized carbons (Fsp3) is 0.484. The van der Waals surface area contributed by atoms with Crippen molar-refractivity contribution < 1.29 is 23.9 Å². The lowest BCUT2D eigenvalue weighted by Crippen LogP contribution is -2.34. The SMILES string of the molecule is CCOC(=O)c1c(NC(=O)C(C)OC(=O)c2c3c(nc4ccccc24)CCN(CC)C3)sc2c1CCCCCC2. The van der Waals surface area contributed by atoms with Crippen LogP contribution in [0.3, 0.4) is 0 Å². The quantitative estimate of drug-likeness (QED) is 0.369. The average molecular weight is 564 g/mol. The predicted molar refractivity (Wildman–Crippen MR) is 156 cm³/mol. The number of likely N-dealkylation sites (N-methyl/N-ethyl adjacent to an activating group) is 1. The van der Waals surface area contributed by atoms with E-state index in [9.17, 15) is 14.4 Å². The second-order valence-corrected chi connectivity index (χ2v) is 11.5. The number of pyridine rings is 1. The van der Waals surface area contributed by atoms with Crippen LogP contribution in [0.25, 0.3) is 10.9 Å². The molecule has 1 unspecified atom stereocenters. The third-order valence-electron chi connectivity index (χ3n) is 7.82. The molecule has 1 N–H and O–H groups in total. The Morgan fingerprint density at radius 1 is 1.00 bits per heavy atom. The highest BCUT2D eigenvalue weighted by Gasteiger charge is 2.30. The first-order chi connectivity index (χ1) is 19.4. The lowest BCUT2D eigenvalue weighted by Gasteiger charge is -2.29. The van der Waals surface area contributed by atoms with Crippen LogP contribution in [0.4, 0.5) is 5.00 Å². The number of benzene rings is 1. The molecule has 9 heteroatoms. The molecule has 2 aliphatic rings. The van der Waals surface area contributed by atoms with Gasteiger partial charge >= 0.3 is 11.9 Å². The van der Waals surface area contributed by atoms with Crippen molar-refractivity contribution in [3.05, 3.63) is 57.1 Å². The van der Waals surface area contributed by atoms with Crippen LogP contribution in [-0.2, 0) is 40.1 Å². The highest BCUT2D eigenvalue weighted by atomic mass is 32.1. The van der Waals surface area contributed by atoms with Gasteiger partial charge in [-0.2, -0.15) is 0 Å². The minimum absolute atomic E-state index is 0.254. The molecule has 8 nitrogen and oxygen atoms in total. The van der Waals surface area contributed by atoms with Crippen molar-refractivity contribution in [1.82, 2.24) is 9.88 Å². The first-order valence-corrected chi connectivity index (χ1v) is 15.2. The molecule has 1 aliphatic carbocycles. The fourth-order valence-corrected chi connectivity index (χ4v) is 6.94. The number of nitrogens with zero attached hydrogens (tertiary/aromatic N) is 2. The summed E-state index contributed by atoms with van der Waals surface area (Å²) in [5.74, 6) is -1.44. The predicted octanol–water partition coefficient (Wildman–Crippen LogP) is 5.69. The second-order valence-electron chi connectivity index (χ2n) is 10.4. The Labute approximate surface area is 239 Å². The number of hydrogen-bond acceptors (Lipinski definition) is 8. The van der Waals surface area contributed by atoms with E-state index in [0.29, 0.717) is 22.7 Å². The van der Waals surface area contributed by atoms with Crippen LogP contribution in [0.2, 0.25) is 0 Å². The van der Waals surface area contributed by atoms with Crippen LogP contribution >= 0.6 is 11.3 Å². The number of carbonyl (C=O) groups excluding carboxylic acids is 3. The minimum Gasteiger partial charge on any atom is -0.462 e. The molecule has 1 amide bonds. The zero-order chi connectivity index (χ0) is 28.2.